The lowest BCUT2D eigenvalue weighted by Crippen LogP contribution is -2.41. The van der Waals surface area contributed by atoms with Crippen LogP contribution < -0.4 is 16.2 Å². The molecule has 32 heavy (non-hydrogen) atoms. The summed E-state index contributed by atoms with van der Waals surface area (Å²) in [5.74, 6) is -1.09. The van der Waals surface area contributed by atoms with Crippen LogP contribution in [-0.2, 0) is 5.41 Å². The number of nitrogens with one attached hydrogen (secondary N) is 3. The van der Waals surface area contributed by atoms with Crippen molar-refractivity contribution in [3.63, 3.8) is 0 Å². The molecule has 3 aromatic rings. The van der Waals surface area contributed by atoms with Crippen LogP contribution in [0.15, 0.2) is 72.8 Å². The summed E-state index contributed by atoms with van der Waals surface area (Å²) < 4.78 is 0.921. The van der Waals surface area contributed by atoms with Crippen LogP contribution in [0.1, 0.15) is 57.4 Å². The van der Waals surface area contributed by atoms with Crippen molar-refractivity contribution in [2.45, 2.75) is 26.2 Å². The molecule has 0 aliphatic rings. The zero-order chi connectivity index (χ0) is 23.3. The Labute approximate surface area is 200 Å². The Bertz CT molecular complexity index is 1130. The molecular weight excluding hydrogens is 517 g/mol. The minimum atomic E-state index is -0.459. The number of hydrogen-bond donors (Lipinski definition) is 3. The molecule has 0 fully saturated rings. The molecule has 0 aliphatic heterocycles. The largest absolute Gasteiger partial charge is 0.322 e. The molecule has 3 rings (SSSR count). The van der Waals surface area contributed by atoms with Gasteiger partial charge in [0.15, 0.2) is 0 Å². The van der Waals surface area contributed by atoms with Gasteiger partial charge in [-0.2, -0.15) is 0 Å². The topological polar surface area (TPSA) is 87.3 Å². The van der Waals surface area contributed by atoms with Gasteiger partial charge in [-0.05, 0) is 88.2 Å². The first kappa shape index (κ1) is 23.5. The van der Waals surface area contributed by atoms with Gasteiger partial charge < -0.3 is 5.32 Å². The zero-order valence-corrected chi connectivity index (χ0v) is 20.2. The first-order chi connectivity index (χ1) is 15.1. The van der Waals surface area contributed by atoms with Gasteiger partial charge in [-0.15, -0.1) is 0 Å². The van der Waals surface area contributed by atoms with Crippen molar-refractivity contribution in [1.29, 1.82) is 0 Å². The second-order valence-electron chi connectivity index (χ2n) is 8.28. The third kappa shape index (κ3) is 6.16. The number of anilines is 1. The van der Waals surface area contributed by atoms with Gasteiger partial charge in [0, 0.05) is 25.9 Å². The maximum Gasteiger partial charge on any atom is 0.269 e. The van der Waals surface area contributed by atoms with Gasteiger partial charge in [0.25, 0.3) is 17.7 Å². The van der Waals surface area contributed by atoms with Crippen molar-refractivity contribution in [1.82, 2.24) is 10.9 Å². The molecule has 0 spiro atoms. The number of amides is 3. The summed E-state index contributed by atoms with van der Waals surface area (Å²) in [5, 5.41) is 2.82. The van der Waals surface area contributed by atoms with Crippen LogP contribution in [0, 0.1) is 3.57 Å². The van der Waals surface area contributed by atoms with Crippen LogP contribution in [0.3, 0.4) is 0 Å². The van der Waals surface area contributed by atoms with Gasteiger partial charge in [-0.25, -0.2) is 0 Å². The smallest absolute Gasteiger partial charge is 0.269 e. The molecule has 0 atom stereocenters. The Hall–Kier alpha value is -3.20. The van der Waals surface area contributed by atoms with E-state index in [0.29, 0.717) is 22.4 Å². The fraction of sp³-hybridized carbons (Fsp3) is 0.160. The summed E-state index contributed by atoms with van der Waals surface area (Å²) in [6.07, 6.45) is 0. The van der Waals surface area contributed by atoms with Crippen molar-refractivity contribution in [2.75, 3.05) is 5.32 Å². The minimum Gasteiger partial charge on any atom is -0.322 e. The third-order valence-corrected chi connectivity index (χ3v) is 5.47. The summed E-state index contributed by atoms with van der Waals surface area (Å²) >= 11 is 2.11. The fourth-order valence-electron chi connectivity index (χ4n) is 2.92. The van der Waals surface area contributed by atoms with E-state index >= 15 is 0 Å². The predicted octanol–water partition coefficient (Wildman–Crippen LogP) is 4.92. The Kier molecular flexibility index (Phi) is 7.29. The third-order valence-electron chi connectivity index (χ3n) is 4.79. The summed E-state index contributed by atoms with van der Waals surface area (Å²) in [7, 11) is 0. The highest BCUT2D eigenvalue weighted by Crippen LogP contribution is 2.22. The van der Waals surface area contributed by atoms with E-state index in [9.17, 15) is 14.4 Å². The van der Waals surface area contributed by atoms with Gasteiger partial charge in [-0.3, -0.25) is 25.2 Å². The number of hydrazine groups is 1. The normalized spacial score (nSPS) is 10.9. The van der Waals surface area contributed by atoms with E-state index in [0.717, 1.165) is 9.13 Å². The number of hydrogen-bond acceptors (Lipinski definition) is 3. The van der Waals surface area contributed by atoms with Crippen LogP contribution in [0.2, 0.25) is 0 Å². The van der Waals surface area contributed by atoms with E-state index in [-0.39, 0.29) is 11.3 Å². The molecule has 3 N–H and O–H groups in total. The lowest BCUT2D eigenvalue weighted by molar-refractivity contribution is 0.0846. The number of carbonyl (C=O) groups excluding carboxylic acids is 3. The first-order valence-corrected chi connectivity index (χ1v) is 11.1. The molecule has 0 bridgehead atoms. The van der Waals surface area contributed by atoms with Crippen molar-refractivity contribution >= 4 is 46.0 Å². The summed E-state index contributed by atoms with van der Waals surface area (Å²) in [6.45, 7) is 6.36. The molecule has 6 nitrogen and oxygen atoms in total. The summed E-state index contributed by atoms with van der Waals surface area (Å²) in [5.41, 5.74) is 7.87. The van der Waals surface area contributed by atoms with Crippen LogP contribution in [0.25, 0.3) is 0 Å². The lowest BCUT2D eigenvalue weighted by atomic mass is 9.87. The average molecular weight is 541 g/mol. The minimum absolute atomic E-state index is 0.0184. The molecule has 0 aliphatic carbocycles. The van der Waals surface area contributed by atoms with Crippen molar-refractivity contribution in [2.24, 2.45) is 0 Å². The van der Waals surface area contributed by atoms with E-state index < -0.39 is 11.8 Å². The van der Waals surface area contributed by atoms with E-state index in [2.05, 4.69) is 59.5 Å². The predicted molar refractivity (Wildman–Crippen MR) is 134 cm³/mol. The molecule has 0 radical (unpaired) electrons. The Morgan fingerprint density at radius 3 is 1.78 bits per heavy atom. The van der Waals surface area contributed by atoms with Crippen LogP contribution in [0.5, 0.6) is 0 Å². The van der Waals surface area contributed by atoms with E-state index in [1.807, 2.05) is 18.2 Å². The Morgan fingerprint density at radius 1 is 0.688 bits per heavy atom. The fourth-order valence-corrected chi connectivity index (χ4v) is 3.46. The van der Waals surface area contributed by atoms with Gasteiger partial charge in [0.05, 0.1) is 0 Å². The van der Waals surface area contributed by atoms with Gasteiger partial charge in [0.2, 0.25) is 0 Å². The lowest BCUT2D eigenvalue weighted by Gasteiger charge is -2.19. The van der Waals surface area contributed by atoms with Crippen molar-refractivity contribution in [3.8, 4) is 0 Å². The molecule has 0 saturated carbocycles. The second-order valence-corrected chi connectivity index (χ2v) is 9.52. The van der Waals surface area contributed by atoms with Crippen LogP contribution >= 0.6 is 22.6 Å². The molecule has 0 aromatic heterocycles. The Balaban J connectivity index is 1.56. The standard InChI is InChI=1S/C25H24IN3O3/c1-25(2,3)19-11-7-16(8-12-19)22(30)27-21-13-9-17(10-14-21)23(31)28-29-24(32)18-5-4-6-20(26)15-18/h4-15H,1-3H3,(H,27,30)(H,28,31)(H,29,32). The molecule has 3 amide bonds. The quantitative estimate of drug-likeness (QED) is 0.324. The van der Waals surface area contributed by atoms with Gasteiger partial charge in [0.1, 0.15) is 0 Å². The maximum absolute atomic E-state index is 12.5. The molecule has 0 saturated heterocycles. The second kappa shape index (κ2) is 9.95. The Morgan fingerprint density at radius 2 is 1.22 bits per heavy atom. The van der Waals surface area contributed by atoms with E-state index in [1.165, 1.54) is 0 Å². The highest BCUT2D eigenvalue weighted by Gasteiger charge is 2.15. The number of carbonyl (C=O) groups is 3. The highest BCUT2D eigenvalue weighted by molar-refractivity contribution is 14.1. The molecule has 3 aromatic carbocycles. The van der Waals surface area contributed by atoms with E-state index in [1.54, 1.807) is 54.6 Å². The average Bonchev–Trinajstić information content (AvgIpc) is 2.77. The monoisotopic (exact) mass is 541 g/mol. The summed E-state index contributed by atoms with van der Waals surface area (Å²) in [4.78, 5) is 36.9. The van der Waals surface area contributed by atoms with Gasteiger partial charge in [-0.1, -0.05) is 39.0 Å². The maximum atomic E-state index is 12.5. The number of benzene rings is 3. The molecule has 164 valence electrons. The summed E-state index contributed by atoms with van der Waals surface area (Å²) in [6, 6.07) is 20.9. The zero-order valence-electron chi connectivity index (χ0n) is 18.0. The van der Waals surface area contributed by atoms with Crippen LogP contribution in [0.4, 0.5) is 5.69 Å². The van der Waals surface area contributed by atoms with Crippen molar-refractivity contribution < 1.29 is 14.4 Å². The number of halogens is 1. The molecule has 7 heteroatoms. The van der Waals surface area contributed by atoms with E-state index in [4.69, 9.17) is 0 Å². The van der Waals surface area contributed by atoms with Crippen LogP contribution in [-0.4, -0.2) is 17.7 Å². The highest BCUT2D eigenvalue weighted by atomic mass is 127. The molecule has 0 heterocycles. The molecular formula is C25H24IN3O3. The first-order valence-electron chi connectivity index (χ1n) is 10.0. The van der Waals surface area contributed by atoms with Crippen molar-refractivity contribution in [3.05, 3.63) is 98.6 Å². The van der Waals surface area contributed by atoms with Gasteiger partial charge >= 0.3 is 0 Å². The molecule has 0 unspecified atom stereocenters. The SMILES string of the molecule is CC(C)(C)c1ccc(C(=O)Nc2ccc(C(=O)NNC(=O)c3cccc(I)c3)cc2)cc1. The number of rotatable bonds is 4.